The van der Waals surface area contributed by atoms with Gasteiger partial charge in [-0.05, 0) is 39.7 Å². The Labute approximate surface area is 112 Å². The molecular formula is C15H29N3. The molecule has 1 atom stereocenters. The molecule has 3 nitrogen and oxygen atoms in total. The van der Waals surface area contributed by atoms with Gasteiger partial charge in [-0.2, -0.15) is 5.10 Å². The summed E-state index contributed by atoms with van der Waals surface area (Å²) in [5.74, 6) is 0. The lowest BCUT2D eigenvalue weighted by Gasteiger charge is -2.19. The maximum Gasteiger partial charge on any atom is 0.0644 e. The van der Waals surface area contributed by atoms with Crippen molar-refractivity contribution in [2.24, 2.45) is 0 Å². The van der Waals surface area contributed by atoms with Crippen molar-refractivity contribution in [1.82, 2.24) is 15.1 Å². The lowest BCUT2D eigenvalue weighted by Crippen LogP contribution is -2.21. The molecule has 0 spiro atoms. The van der Waals surface area contributed by atoms with E-state index < -0.39 is 0 Å². The number of nitrogens with one attached hydrogen (secondary N) is 1. The molecule has 1 N–H and O–H groups in total. The molecule has 1 rings (SSSR count). The predicted molar refractivity (Wildman–Crippen MR) is 78.0 cm³/mol. The van der Waals surface area contributed by atoms with E-state index >= 15 is 0 Å². The van der Waals surface area contributed by atoms with E-state index in [-0.39, 0.29) is 0 Å². The van der Waals surface area contributed by atoms with Crippen LogP contribution in [0.2, 0.25) is 0 Å². The normalized spacial score (nSPS) is 13.3. The number of hydrogen-bond donors (Lipinski definition) is 1. The molecule has 0 saturated heterocycles. The number of aromatic nitrogens is 2. The average Bonchev–Trinajstić information content (AvgIpc) is 2.65. The molecule has 0 amide bonds. The monoisotopic (exact) mass is 251 g/mol. The minimum absolute atomic E-state index is 0.443. The van der Waals surface area contributed by atoms with E-state index in [4.69, 9.17) is 5.10 Å². The fourth-order valence-corrected chi connectivity index (χ4v) is 2.87. The van der Waals surface area contributed by atoms with Gasteiger partial charge < -0.3 is 5.32 Å². The van der Waals surface area contributed by atoms with Crippen LogP contribution in [0.1, 0.15) is 76.0 Å². The van der Waals surface area contributed by atoms with E-state index in [1.165, 1.54) is 17.0 Å². The van der Waals surface area contributed by atoms with Crippen molar-refractivity contribution >= 4 is 0 Å². The van der Waals surface area contributed by atoms with Crippen molar-refractivity contribution in [3.8, 4) is 0 Å². The van der Waals surface area contributed by atoms with Gasteiger partial charge in [0.1, 0.15) is 0 Å². The van der Waals surface area contributed by atoms with Crippen molar-refractivity contribution < 1.29 is 0 Å². The second kappa shape index (κ2) is 6.93. The first-order valence-electron chi connectivity index (χ1n) is 7.39. The third-order valence-electron chi connectivity index (χ3n) is 3.88. The molecule has 1 aromatic heterocycles. The van der Waals surface area contributed by atoms with Crippen molar-refractivity contribution in [2.45, 2.75) is 72.9 Å². The molecule has 1 aromatic rings. The summed E-state index contributed by atoms with van der Waals surface area (Å²) in [4.78, 5) is 0. The Hall–Kier alpha value is -0.830. The Bertz CT molecular complexity index is 364. The summed E-state index contributed by atoms with van der Waals surface area (Å²) in [7, 11) is 0. The summed E-state index contributed by atoms with van der Waals surface area (Å²) in [6.07, 6.45) is 3.41. The molecule has 0 fully saturated rings. The summed E-state index contributed by atoms with van der Waals surface area (Å²) in [5.41, 5.74) is 3.94. The molecule has 1 heterocycles. The number of aryl methyl sites for hydroxylation is 1. The van der Waals surface area contributed by atoms with E-state index in [1.807, 2.05) is 0 Å². The molecule has 0 aliphatic heterocycles. The summed E-state index contributed by atoms with van der Waals surface area (Å²) in [6, 6.07) is 0.981. The van der Waals surface area contributed by atoms with Crippen LogP contribution in [0.15, 0.2) is 0 Å². The minimum Gasteiger partial charge on any atom is -0.310 e. The van der Waals surface area contributed by atoms with E-state index in [0.29, 0.717) is 12.1 Å². The summed E-state index contributed by atoms with van der Waals surface area (Å²) >= 11 is 0. The quantitative estimate of drug-likeness (QED) is 0.796. The van der Waals surface area contributed by atoms with Crippen molar-refractivity contribution in [3.05, 3.63) is 17.0 Å². The molecule has 0 bridgehead atoms. The Morgan fingerprint density at radius 2 is 1.67 bits per heavy atom. The van der Waals surface area contributed by atoms with Crippen LogP contribution >= 0.6 is 0 Å². The summed E-state index contributed by atoms with van der Waals surface area (Å²) in [6.45, 7) is 14.2. The predicted octanol–water partition coefficient (Wildman–Crippen LogP) is 3.92. The first-order valence-corrected chi connectivity index (χ1v) is 7.39. The van der Waals surface area contributed by atoms with E-state index in [2.05, 4.69) is 51.5 Å². The highest BCUT2D eigenvalue weighted by Crippen LogP contribution is 2.27. The van der Waals surface area contributed by atoms with Gasteiger partial charge in [-0.25, -0.2) is 0 Å². The highest BCUT2D eigenvalue weighted by molar-refractivity contribution is 5.28. The van der Waals surface area contributed by atoms with Crippen molar-refractivity contribution in [2.75, 3.05) is 6.54 Å². The third kappa shape index (κ3) is 2.94. The first kappa shape index (κ1) is 15.2. The van der Waals surface area contributed by atoms with Gasteiger partial charge in [0, 0.05) is 17.3 Å². The standard InChI is InChI=1S/C15H29N3/c1-7-13(8-2)18-12(6)15(11(5)17-18)14(9-3)16-10-4/h13-14,16H,7-10H2,1-6H3. The molecule has 18 heavy (non-hydrogen) atoms. The highest BCUT2D eigenvalue weighted by atomic mass is 15.3. The van der Waals surface area contributed by atoms with Crippen LogP contribution in [-0.4, -0.2) is 16.3 Å². The molecule has 0 aromatic carbocycles. The summed E-state index contributed by atoms with van der Waals surface area (Å²) < 4.78 is 2.24. The molecule has 1 unspecified atom stereocenters. The zero-order valence-corrected chi connectivity index (χ0v) is 12.9. The van der Waals surface area contributed by atoms with Crippen molar-refractivity contribution in [1.29, 1.82) is 0 Å². The zero-order chi connectivity index (χ0) is 13.7. The number of hydrogen-bond acceptors (Lipinski definition) is 2. The Morgan fingerprint density at radius 1 is 1.06 bits per heavy atom. The topological polar surface area (TPSA) is 29.9 Å². The van der Waals surface area contributed by atoms with E-state index in [0.717, 1.165) is 25.8 Å². The van der Waals surface area contributed by atoms with Crippen molar-refractivity contribution in [3.63, 3.8) is 0 Å². The SMILES string of the molecule is CCNC(CC)c1c(C)nn(C(CC)CC)c1C. The Kier molecular flexibility index (Phi) is 5.86. The molecular weight excluding hydrogens is 222 g/mol. The fourth-order valence-electron chi connectivity index (χ4n) is 2.87. The smallest absolute Gasteiger partial charge is 0.0644 e. The average molecular weight is 251 g/mol. The Morgan fingerprint density at radius 3 is 2.11 bits per heavy atom. The molecule has 0 aliphatic carbocycles. The van der Waals surface area contributed by atoms with Gasteiger partial charge >= 0.3 is 0 Å². The van der Waals surface area contributed by atoms with Gasteiger partial charge in [0.2, 0.25) is 0 Å². The molecule has 3 heteroatoms. The van der Waals surface area contributed by atoms with Gasteiger partial charge in [0.05, 0.1) is 11.7 Å². The number of rotatable bonds is 7. The lowest BCUT2D eigenvalue weighted by molar-refractivity contribution is 0.416. The largest absolute Gasteiger partial charge is 0.310 e. The van der Waals surface area contributed by atoms with Gasteiger partial charge in [-0.1, -0.05) is 27.7 Å². The Balaban J connectivity index is 3.13. The maximum absolute atomic E-state index is 4.78. The molecule has 0 radical (unpaired) electrons. The third-order valence-corrected chi connectivity index (χ3v) is 3.88. The van der Waals surface area contributed by atoms with E-state index in [9.17, 15) is 0 Å². The minimum atomic E-state index is 0.443. The molecule has 104 valence electrons. The zero-order valence-electron chi connectivity index (χ0n) is 12.9. The van der Waals surface area contributed by atoms with Crippen LogP contribution in [0.3, 0.4) is 0 Å². The van der Waals surface area contributed by atoms with Gasteiger partial charge in [0.15, 0.2) is 0 Å². The van der Waals surface area contributed by atoms with Crippen LogP contribution in [0.4, 0.5) is 0 Å². The second-order valence-corrected chi connectivity index (χ2v) is 5.02. The van der Waals surface area contributed by atoms with Crippen LogP contribution < -0.4 is 5.32 Å². The second-order valence-electron chi connectivity index (χ2n) is 5.02. The maximum atomic E-state index is 4.78. The van der Waals surface area contributed by atoms with Crippen LogP contribution in [0, 0.1) is 13.8 Å². The molecule has 0 aliphatic rings. The van der Waals surface area contributed by atoms with Crippen LogP contribution in [0.5, 0.6) is 0 Å². The van der Waals surface area contributed by atoms with Crippen LogP contribution in [0.25, 0.3) is 0 Å². The van der Waals surface area contributed by atoms with Gasteiger partial charge in [-0.3, -0.25) is 4.68 Å². The summed E-state index contributed by atoms with van der Waals surface area (Å²) in [5, 5.41) is 8.35. The van der Waals surface area contributed by atoms with Gasteiger partial charge in [0.25, 0.3) is 0 Å². The molecule has 0 saturated carbocycles. The van der Waals surface area contributed by atoms with Crippen LogP contribution in [-0.2, 0) is 0 Å². The van der Waals surface area contributed by atoms with Gasteiger partial charge in [-0.15, -0.1) is 0 Å². The highest BCUT2D eigenvalue weighted by Gasteiger charge is 2.21. The number of nitrogens with zero attached hydrogens (tertiary/aromatic N) is 2. The first-order chi connectivity index (χ1) is 8.60. The van der Waals surface area contributed by atoms with E-state index in [1.54, 1.807) is 0 Å². The fraction of sp³-hybridized carbons (Fsp3) is 0.800. The lowest BCUT2D eigenvalue weighted by atomic mass is 10.0.